The van der Waals surface area contributed by atoms with Crippen LogP contribution >= 0.6 is 0 Å². The number of unbranched alkanes of at least 4 members (excludes halogenated alkanes) is 1. The highest BCUT2D eigenvalue weighted by Gasteiger charge is 2.26. The molecule has 1 atom stereocenters. The summed E-state index contributed by atoms with van der Waals surface area (Å²) >= 11 is 0. The average Bonchev–Trinajstić information content (AvgIpc) is 2.94. The van der Waals surface area contributed by atoms with E-state index in [0.717, 1.165) is 0 Å². The van der Waals surface area contributed by atoms with Crippen molar-refractivity contribution in [3.8, 4) is 11.5 Å². The Morgan fingerprint density at radius 3 is 1.93 bits per heavy atom. The number of alkyl carbamates (subject to hydrolysis) is 2. The van der Waals surface area contributed by atoms with Crippen LogP contribution in [0.4, 0.5) is 15.3 Å². The van der Waals surface area contributed by atoms with Gasteiger partial charge in [-0.3, -0.25) is 10.1 Å². The highest BCUT2D eigenvalue weighted by molar-refractivity contribution is 5.87. The zero-order valence-corrected chi connectivity index (χ0v) is 24.1. The number of nitrogens with zero attached hydrogens (tertiary/aromatic N) is 1. The molecule has 1 rings (SSSR count). The molecule has 0 aliphatic heterocycles. The summed E-state index contributed by atoms with van der Waals surface area (Å²) in [5.74, 6) is -0.866. The van der Waals surface area contributed by atoms with Crippen LogP contribution in [0, 0.1) is 10.1 Å². The molecule has 0 aliphatic rings. The molecule has 0 spiro atoms. The van der Waals surface area contributed by atoms with Gasteiger partial charge in [-0.1, -0.05) is 13.2 Å². The van der Waals surface area contributed by atoms with Gasteiger partial charge in [-0.05, 0) is 39.7 Å². The molecule has 0 fully saturated rings. The van der Waals surface area contributed by atoms with E-state index >= 15 is 0 Å². The van der Waals surface area contributed by atoms with Gasteiger partial charge >= 0.3 is 24.1 Å². The summed E-state index contributed by atoms with van der Waals surface area (Å²) in [7, 11) is 1.36. The number of amides is 2. The van der Waals surface area contributed by atoms with Crippen molar-refractivity contribution in [1.82, 2.24) is 10.6 Å². The number of hydrogen-bond donors (Lipinski definition) is 2. The third kappa shape index (κ3) is 13.0. The van der Waals surface area contributed by atoms with E-state index in [2.05, 4.69) is 23.8 Å². The third-order valence-electron chi connectivity index (χ3n) is 5.17. The van der Waals surface area contributed by atoms with Gasteiger partial charge in [-0.25, -0.2) is 19.2 Å². The molecule has 0 aromatic heterocycles. The lowest BCUT2D eigenvalue weighted by molar-refractivity contribution is -0.386. The first kappa shape index (κ1) is 35.2. The molecule has 0 heterocycles. The fourth-order valence-electron chi connectivity index (χ4n) is 3.03. The molecule has 1 unspecified atom stereocenters. The van der Waals surface area contributed by atoms with Crippen molar-refractivity contribution in [3.63, 3.8) is 0 Å². The maximum Gasteiger partial charge on any atom is 0.407 e. The predicted molar refractivity (Wildman–Crippen MR) is 148 cm³/mol. The highest BCUT2D eigenvalue weighted by atomic mass is 16.6. The van der Waals surface area contributed by atoms with E-state index in [-0.39, 0.29) is 73.4 Å². The molecule has 1 aromatic carbocycles. The van der Waals surface area contributed by atoms with Crippen LogP contribution in [0.5, 0.6) is 11.5 Å². The first-order valence-corrected chi connectivity index (χ1v) is 12.9. The molecule has 0 saturated carbocycles. The van der Waals surface area contributed by atoms with E-state index in [1.165, 1.54) is 40.0 Å². The van der Waals surface area contributed by atoms with Crippen LogP contribution < -0.4 is 20.1 Å². The summed E-state index contributed by atoms with van der Waals surface area (Å²) in [6, 6.07) is 2.52. The first-order chi connectivity index (χ1) is 19.9. The SMILES string of the molecule is C=C(C)C(=O)OCCNC(=O)OCCCCOc1cc([N+](=O)[O-])c(C(C)OC(=O)NCCOC(=O)C(=C)C)cc1OC. The van der Waals surface area contributed by atoms with Crippen LogP contribution in [-0.2, 0) is 28.5 Å². The van der Waals surface area contributed by atoms with Crippen molar-refractivity contribution in [1.29, 1.82) is 0 Å². The van der Waals surface area contributed by atoms with Crippen LogP contribution in [0.3, 0.4) is 0 Å². The van der Waals surface area contributed by atoms with Crippen LogP contribution in [0.2, 0.25) is 0 Å². The van der Waals surface area contributed by atoms with Gasteiger partial charge in [0.05, 0.1) is 50.0 Å². The summed E-state index contributed by atoms with van der Waals surface area (Å²) < 4.78 is 30.9. The van der Waals surface area contributed by atoms with E-state index in [1.807, 2.05) is 0 Å². The molecule has 0 saturated heterocycles. The molecule has 232 valence electrons. The van der Waals surface area contributed by atoms with Crippen LogP contribution in [0.1, 0.15) is 45.3 Å². The van der Waals surface area contributed by atoms with E-state index in [1.54, 1.807) is 0 Å². The van der Waals surface area contributed by atoms with Crippen LogP contribution in [0.15, 0.2) is 36.4 Å². The summed E-state index contributed by atoms with van der Waals surface area (Å²) in [5, 5.41) is 16.6. The largest absolute Gasteiger partial charge is 0.493 e. The number of ether oxygens (including phenoxy) is 6. The summed E-state index contributed by atoms with van der Waals surface area (Å²) in [4.78, 5) is 57.5. The van der Waals surface area contributed by atoms with Crippen LogP contribution in [0.25, 0.3) is 0 Å². The lowest BCUT2D eigenvalue weighted by Gasteiger charge is -2.17. The smallest absolute Gasteiger partial charge is 0.407 e. The zero-order chi connectivity index (χ0) is 31.7. The van der Waals surface area contributed by atoms with Crippen molar-refractivity contribution in [2.75, 3.05) is 46.6 Å². The Morgan fingerprint density at radius 2 is 1.40 bits per heavy atom. The van der Waals surface area contributed by atoms with Crippen LogP contribution in [-0.4, -0.2) is 75.7 Å². The Bertz CT molecular complexity index is 1150. The molecular weight excluding hydrogens is 558 g/mol. The number of benzene rings is 1. The molecule has 0 aliphatic carbocycles. The Labute approximate surface area is 243 Å². The van der Waals surface area contributed by atoms with Gasteiger partial charge in [0.15, 0.2) is 11.5 Å². The number of nitro groups is 1. The van der Waals surface area contributed by atoms with Crippen molar-refractivity contribution < 1.29 is 52.5 Å². The summed E-state index contributed by atoms with van der Waals surface area (Å²) in [5.41, 5.74) is 0.189. The molecule has 0 bridgehead atoms. The monoisotopic (exact) mass is 595 g/mol. The maximum atomic E-state index is 12.1. The molecule has 1 aromatic rings. The third-order valence-corrected chi connectivity index (χ3v) is 5.17. The molecule has 0 radical (unpaired) electrons. The van der Waals surface area contributed by atoms with Crippen molar-refractivity contribution >= 4 is 29.8 Å². The number of nitrogens with one attached hydrogen (secondary N) is 2. The Morgan fingerprint density at radius 1 is 0.857 bits per heavy atom. The number of esters is 2. The fraction of sp³-hybridized carbons (Fsp3) is 0.481. The fourth-order valence-corrected chi connectivity index (χ4v) is 3.03. The summed E-state index contributed by atoms with van der Waals surface area (Å²) in [6.07, 6.45) is -1.69. The molecular formula is C27H37N3O12. The van der Waals surface area contributed by atoms with Gasteiger partial charge < -0.3 is 39.1 Å². The predicted octanol–water partition coefficient (Wildman–Crippen LogP) is 3.51. The van der Waals surface area contributed by atoms with Gasteiger partial charge in [0.1, 0.15) is 19.3 Å². The second-order valence-electron chi connectivity index (χ2n) is 8.74. The highest BCUT2D eigenvalue weighted by Crippen LogP contribution is 2.38. The van der Waals surface area contributed by atoms with Gasteiger partial charge in [0, 0.05) is 11.1 Å². The summed E-state index contributed by atoms with van der Waals surface area (Å²) in [6.45, 7) is 11.5. The van der Waals surface area contributed by atoms with E-state index in [0.29, 0.717) is 12.8 Å². The number of carbonyl (C=O) groups is 4. The number of rotatable bonds is 18. The average molecular weight is 596 g/mol. The normalized spacial score (nSPS) is 10.9. The number of nitro benzene ring substituents is 1. The lowest BCUT2D eigenvalue weighted by atomic mass is 10.1. The molecule has 42 heavy (non-hydrogen) atoms. The number of hydrogen-bond acceptors (Lipinski definition) is 12. The Balaban J connectivity index is 2.56. The Hall–Kier alpha value is -4.82. The molecule has 2 amide bonds. The van der Waals surface area contributed by atoms with Crippen molar-refractivity contribution in [2.24, 2.45) is 0 Å². The maximum absolute atomic E-state index is 12.1. The number of carbonyl (C=O) groups excluding carboxylic acids is 4. The topological polar surface area (TPSA) is 191 Å². The molecule has 15 heteroatoms. The zero-order valence-electron chi connectivity index (χ0n) is 24.1. The van der Waals surface area contributed by atoms with Crippen molar-refractivity contribution in [3.05, 3.63) is 52.1 Å². The van der Waals surface area contributed by atoms with E-state index in [9.17, 15) is 29.3 Å². The lowest BCUT2D eigenvalue weighted by Crippen LogP contribution is -2.29. The first-order valence-electron chi connectivity index (χ1n) is 12.9. The minimum atomic E-state index is -1.03. The van der Waals surface area contributed by atoms with Gasteiger partial charge in [0.25, 0.3) is 5.69 Å². The van der Waals surface area contributed by atoms with E-state index in [4.69, 9.17) is 28.4 Å². The second kappa shape index (κ2) is 18.5. The standard InChI is InChI=1S/C27H37N3O12/c1-17(2)24(31)39-13-9-28-26(33)41-12-8-7-11-38-23-16-21(30(35)36)20(15-22(23)37-6)19(5)42-27(34)29-10-14-40-25(32)18(3)4/h15-16,19H,1,3,7-14H2,2,4-6H3,(H,28,33)(H,29,34). The van der Waals surface area contributed by atoms with Gasteiger partial charge in [-0.15, -0.1) is 0 Å². The van der Waals surface area contributed by atoms with E-state index < -0.39 is 35.2 Å². The van der Waals surface area contributed by atoms with Crippen molar-refractivity contribution in [2.45, 2.75) is 39.7 Å². The molecule has 15 nitrogen and oxygen atoms in total. The Kier molecular flexibility index (Phi) is 15.5. The number of methoxy groups -OCH3 is 1. The van der Waals surface area contributed by atoms with Gasteiger partial charge in [-0.2, -0.15) is 0 Å². The van der Waals surface area contributed by atoms with Gasteiger partial charge in [0.2, 0.25) is 0 Å². The minimum absolute atomic E-state index is 0.0196. The molecule has 2 N–H and O–H groups in total. The quantitative estimate of drug-likeness (QED) is 0.0628. The second-order valence-corrected chi connectivity index (χ2v) is 8.74. The minimum Gasteiger partial charge on any atom is -0.493 e.